The van der Waals surface area contributed by atoms with Gasteiger partial charge in [0.25, 0.3) is 0 Å². The van der Waals surface area contributed by atoms with Gasteiger partial charge in [-0.05, 0) is 40.3 Å². The van der Waals surface area contributed by atoms with Crippen molar-refractivity contribution in [3.8, 4) is 0 Å². The zero-order chi connectivity index (χ0) is 13.8. The molecule has 0 radical (unpaired) electrons. The maximum Gasteiger partial charge on any atom is 0.0807 e. The average molecular weight is 253 g/mol. The Morgan fingerprint density at radius 3 is 2.56 bits per heavy atom. The first-order valence-electron chi connectivity index (χ1n) is 6.77. The molecule has 0 aromatic carbocycles. The first-order chi connectivity index (χ1) is 8.46. The van der Waals surface area contributed by atoms with Crippen molar-refractivity contribution in [2.75, 3.05) is 13.7 Å². The number of nitrogens with one attached hydrogen (secondary N) is 1. The van der Waals surface area contributed by atoms with E-state index in [1.54, 1.807) is 0 Å². The molecular formula is C14H27N3O. The number of ether oxygens (including phenoxy) is 1. The molecule has 0 saturated carbocycles. The highest BCUT2D eigenvalue weighted by Gasteiger charge is 2.32. The molecule has 0 bridgehead atoms. The molecule has 18 heavy (non-hydrogen) atoms. The van der Waals surface area contributed by atoms with Crippen LogP contribution < -0.4 is 5.32 Å². The van der Waals surface area contributed by atoms with Gasteiger partial charge >= 0.3 is 0 Å². The van der Waals surface area contributed by atoms with Gasteiger partial charge < -0.3 is 10.1 Å². The van der Waals surface area contributed by atoms with Gasteiger partial charge in [0.2, 0.25) is 0 Å². The average Bonchev–Trinajstić information content (AvgIpc) is 2.64. The second-order valence-corrected chi connectivity index (χ2v) is 5.05. The van der Waals surface area contributed by atoms with Gasteiger partial charge in [0.15, 0.2) is 0 Å². The SMILES string of the molecule is CCOC(C)(CC)C(Cc1cc(C)nn1C)NC. The Labute approximate surface area is 111 Å². The third-order valence-corrected chi connectivity index (χ3v) is 3.77. The number of nitrogens with zero attached hydrogens (tertiary/aromatic N) is 2. The van der Waals surface area contributed by atoms with E-state index in [1.807, 2.05) is 25.7 Å². The number of hydrogen-bond donors (Lipinski definition) is 1. The van der Waals surface area contributed by atoms with E-state index < -0.39 is 0 Å². The van der Waals surface area contributed by atoms with E-state index in [0.717, 1.165) is 25.1 Å². The fourth-order valence-corrected chi connectivity index (χ4v) is 2.47. The first-order valence-corrected chi connectivity index (χ1v) is 6.77. The van der Waals surface area contributed by atoms with Gasteiger partial charge in [-0.3, -0.25) is 4.68 Å². The summed E-state index contributed by atoms with van der Waals surface area (Å²) in [5.41, 5.74) is 2.17. The van der Waals surface area contributed by atoms with E-state index in [9.17, 15) is 0 Å². The Kier molecular flexibility index (Phi) is 5.35. The van der Waals surface area contributed by atoms with Crippen molar-refractivity contribution in [2.45, 2.75) is 52.2 Å². The summed E-state index contributed by atoms with van der Waals surface area (Å²) in [6.45, 7) is 9.18. The van der Waals surface area contributed by atoms with Gasteiger partial charge in [-0.2, -0.15) is 5.10 Å². The third-order valence-electron chi connectivity index (χ3n) is 3.77. The summed E-state index contributed by atoms with van der Waals surface area (Å²) in [7, 11) is 4.00. The van der Waals surface area contributed by atoms with Crippen LogP contribution in [-0.2, 0) is 18.2 Å². The zero-order valence-electron chi connectivity index (χ0n) is 12.6. The predicted molar refractivity (Wildman–Crippen MR) is 74.8 cm³/mol. The van der Waals surface area contributed by atoms with Crippen LogP contribution in [0.25, 0.3) is 0 Å². The molecule has 2 atom stereocenters. The molecule has 0 aliphatic rings. The Balaban J connectivity index is 2.86. The van der Waals surface area contributed by atoms with E-state index in [-0.39, 0.29) is 11.6 Å². The van der Waals surface area contributed by atoms with Gasteiger partial charge in [0.05, 0.1) is 11.3 Å². The van der Waals surface area contributed by atoms with Gasteiger partial charge in [0, 0.05) is 31.8 Å². The van der Waals surface area contributed by atoms with Crippen LogP contribution in [0.15, 0.2) is 6.07 Å². The molecule has 0 amide bonds. The van der Waals surface area contributed by atoms with Crippen LogP contribution >= 0.6 is 0 Å². The fraction of sp³-hybridized carbons (Fsp3) is 0.786. The summed E-state index contributed by atoms with van der Waals surface area (Å²) in [6.07, 6.45) is 1.92. The number of aryl methyl sites for hydroxylation is 2. The Morgan fingerprint density at radius 2 is 2.17 bits per heavy atom. The third kappa shape index (κ3) is 3.33. The van der Waals surface area contributed by atoms with Crippen molar-refractivity contribution in [3.63, 3.8) is 0 Å². The maximum atomic E-state index is 5.96. The molecule has 4 heteroatoms. The largest absolute Gasteiger partial charge is 0.374 e. The summed E-state index contributed by atoms with van der Waals surface area (Å²) < 4.78 is 7.92. The molecule has 1 aromatic rings. The van der Waals surface area contributed by atoms with Crippen molar-refractivity contribution in [1.29, 1.82) is 0 Å². The Hall–Kier alpha value is -0.870. The molecule has 0 spiro atoms. The van der Waals surface area contributed by atoms with E-state index in [1.165, 1.54) is 5.69 Å². The molecule has 1 rings (SSSR count). The van der Waals surface area contributed by atoms with Gasteiger partial charge in [-0.25, -0.2) is 0 Å². The molecule has 4 nitrogen and oxygen atoms in total. The number of rotatable bonds is 7. The topological polar surface area (TPSA) is 39.1 Å². The fourth-order valence-electron chi connectivity index (χ4n) is 2.47. The lowest BCUT2D eigenvalue weighted by molar-refractivity contribution is -0.0537. The molecule has 0 fully saturated rings. The Bertz CT molecular complexity index is 375. The first kappa shape index (κ1) is 15.2. The molecule has 0 saturated heterocycles. The highest BCUT2D eigenvalue weighted by Crippen LogP contribution is 2.23. The summed E-state index contributed by atoms with van der Waals surface area (Å²) in [6, 6.07) is 2.43. The standard InChI is InChI=1S/C14H27N3O/c1-7-14(4,18-8-2)13(15-5)10-12-9-11(3)16-17(12)6/h9,13,15H,7-8,10H2,1-6H3. The monoisotopic (exact) mass is 253 g/mol. The van der Waals surface area contributed by atoms with Crippen molar-refractivity contribution < 1.29 is 4.74 Å². The van der Waals surface area contributed by atoms with Gasteiger partial charge in [-0.15, -0.1) is 0 Å². The molecule has 0 aliphatic carbocycles. The van der Waals surface area contributed by atoms with Gasteiger partial charge in [-0.1, -0.05) is 6.92 Å². The van der Waals surface area contributed by atoms with Crippen molar-refractivity contribution in [1.82, 2.24) is 15.1 Å². The molecule has 1 aromatic heterocycles. The van der Waals surface area contributed by atoms with Crippen LogP contribution in [0.1, 0.15) is 38.6 Å². The zero-order valence-corrected chi connectivity index (χ0v) is 12.6. The normalized spacial score (nSPS) is 16.6. The van der Waals surface area contributed by atoms with E-state index in [0.29, 0.717) is 0 Å². The van der Waals surface area contributed by atoms with Gasteiger partial charge in [0.1, 0.15) is 0 Å². The van der Waals surface area contributed by atoms with E-state index in [4.69, 9.17) is 4.74 Å². The predicted octanol–water partition coefficient (Wildman–Crippen LogP) is 2.06. The number of hydrogen-bond acceptors (Lipinski definition) is 3. The summed E-state index contributed by atoms with van der Waals surface area (Å²) in [5.74, 6) is 0. The molecule has 1 N–H and O–H groups in total. The van der Waals surface area contributed by atoms with E-state index in [2.05, 4.69) is 37.3 Å². The minimum absolute atomic E-state index is 0.137. The van der Waals surface area contributed by atoms with Crippen LogP contribution in [0, 0.1) is 6.92 Å². The van der Waals surface area contributed by atoms with Crippen LogP contribution in [0.2, 0.25) is 0 Å². The lowest BCUT2D eigenvalue weighted by Crippen LogP contribution is -2.50. The van der Waals surface area contributed by atoms with Crippen LogP contribution in [0.3, 0.4) is 0 Å². The minimum Gasteiger partial charge on any atom is -0.374 e. The Morgan fingerprint density at radius 1 is 1.50 bits per heavy atom. The number of likely N-dealkylation sites (N-methyl/N-ethyl adjacent to an activating group) is 1. The molecule has 104 valence electrons. The highest BCUT2D eigenvalue weighted by molar-refractivity contribution is 5.11. The van der Waals surface area contributed by atoms with Crippen molar-refractivity contribution in [3.05, 3.63) is 17.5 Å². The van der Waals surface area contributed by atoms with Crippen LogP contribution in [-0.4, -0.2) is 35.1 Å². The lowest BCUT2D eigenvalue weighted by atomic mass is 9.89. The maximum absolute atomic E-state index is 5.96. The second-order valence-electron chi connectivity index (χ2n) is 5.05. The highest BCUT2D eigenvalue weighted by atomic mass is 16.5. The molecule has 0 aliphatic heterocycles. The molecule has 1 heterocycles. The van der Waals surface area contributed by atoms with Crippen molar-refractivity contribution in [2.24, 2.45) is 7.05 Å². The van der Waals surface area contributed by atoms with Crippen LogP contribution in [0.4, 0.5) is 0 Å². The smallest absolute Gasteiger partial charge is 0.0807 e. The quantitative estimate of drug-likeness (QED) is 0.808. The van der Waals surface area contributed by atoms with Crippen LogP contribution in [0.5, 0.6) is 0 Å². The summed E-state index contributed by atoms with van der Waals surface area (Å²) >= 11 is 0. The number of aromatic nitrogens is 2. The molecule has 2 unspecified atom stereocenters. The van der Waals surface area contributed by atoms with Crippen molar-refractivity contribution >= 4 is 0 Å². The lowest BCUT2D eigenvalue weighted by Gasteiger charge is -2.36. The second kappa shape index (κ2) is 6.34. The van der Waals surface area contributed by atoms with E-state index >= 15 is 0 Å². The minimum atomic E-state index is -0.137. The summed E-state index contributed by atoms with van der Waals surface area (Å²) in [4.78, 5) is 0. The summed E-state index contributed by atoms with van der Waals surface area (Å²) in [5, 5.41) is 7.80. The molecular weight excluding hydrogens is 226 g/mol.